The van der Waals surface area contributed by atoms with Crippen molar-refractivity contribution in [1.29, 1.82) is 0 Å². The zero-order valence-corrected chi connectivity index (χ0v) is 6.20. The molecule has 1 nitrogen and oxygen atoms in total. The summed E-state index contributed by atoms with van der Waals surface area (Å²) in [5.41, 5.74) is 0. The molecule has 0 aromatic heterocycles. The molecule has 8 heavy (non-hydrogen) atoms. The van der Waals surface area contributed by atoms with E-state index < -0.39 is 9.52 Å². The van der Waals surface area contributed by atoms with Crippen LogP contribution in [0, 0.1) is 0 Å². The fourth-order valence-corrected chi connectivity index (χ4v) is 0.577. The summed E-state index contributed by atoms with van der Waals surface area (Å²) in [7, 11) is -1.97. The van der Waals surface area contributed by atoms with Gasteiger partial charge in [0.2, 0.25) is 0 Å². The van der Waals surface area contributed by atoms with Crippen LogP contribution in [-0.4, -0.2) is 15.3 Å². The van der Waals surface area contributed by atoms with E-state index in [2.05, 4.69) is 12.4 Å². The van der Waals surface area contributed by atoms with E-state index in [1.165, 1.54) is 5.41 Å². The maximum absolute atomic E-state index is 11.0. The van der Waals surface area contributed by atoms with Crippen molar-refractivity contribution in [2.24, 2.45) is 0 Å². The lowest BCUT2D eigenvalue weighted by Crippen LogP contribution is -2.08. The van der Waals surface area contributed by atoms with Gasteiger partial charge in [-0.3, -0.25) is 4.21 Å². The Bertz CT molecular complexity index is 163. The summed E-state index contributed by atoms with van der Waals surface area (Å²) in [5, 5.41) is 1.54. The minimum Gasteiger partial charge on any atom is -0.264 e. The highest BCUT2D eigenvalue weighted by Crippen LogP contribution is 1.99. The Kier molecular flexibility index (Phi) is 2.28. The van der Waals surface area contributed by atoms with Crippen molar-refractivity contribution in [1.82, 2.24) is 0 Å². The third-order valence-electron chi connectivity index (χ3n) is 1.08. The average Bonchev–Trinajstić information content (AvgIpc) is 1.67. The van der Waals surface area contributed by atoms with Gasteiger partial charge < -0.3 is 0 Å². The Morgan fingerprint density at radius 3 is 2.00 bits per heavy atom. The Morgan fingerprint density at radius 1 is 1.62 bits per heavy atom. The molecule has 0 saturated carbocycles. The summed E-state index contributed by atoms with van der Waals surface area (Å²) in [5.74, 6) is 3.50. The predicted molar refractivity (Wildman–Crippen MR) is 40.6 cm³/mol. The van der Waals surface area contributed by atoms with Gasteiger partial charge in [0.15, 0.2) is 0 Å². The summed E-state index contributed by atoms with van der Waals surface area (Å²) in [6, 6.07) is 0. The van der Waals surface area contributed by atoms with E-state index >= 15 is 0 Å². The van der Waals surface area contributed by atoms with E-state index in [0.717, 1.165) is 0 Å². The molecule has 0 bridgehead atoms. The summed E-state index contributed by atoms with van der Waals surface area (Å²) in [6.45, 7) is 7.16. The van der Waals surface area contributed by atoms with Gasteiger partial charge in [0.25, 0.3) is 0 Å². The zero-order chi connectivity index (χ0) is 6.78. The van der Waals surface area contributed by atoms with E-state index in [1.54, 1.807) is 0 Å². The number of rotatable bonds is 2. The normalized spacial score (nSPS) is 17.9. The molecular formula is C6H12OS. The molecule has 0 heterocycles. The van der Waals surface area contributed by atoms with Crippen LogP contribution in [-0.2, 0) is 9.52 Å². The van der Waals surface area contributed by atoms with Crippen LogP contribution in [0.2, 0.25) is 0 Å². The molecule has 48 valence electrons. The quantitative estimate of drug-likeness (QED) is 0.517. The second-order valence-corrected chi connectivity index (χ2v) is 4.83. The largest absolute Gasteiger partial charge is 0.264 e. The lowest BCUT2D eigenvalue weighted by Gasteiger charge is -2.04. The highest BCUT2D eigenvalue weighted by atomic mass is 32.2. The first-order valence-corrected chi connectivity index (χ1v) is 4.34. The molecule has 2 heteroatoms. The van der Waals surface area contributed by atoms with Crippen LogP contribution in [0.3, 0.4) is 0 Å². The third kappa shape index (κ3) is 1.70. The summed E-state index contributed by atoms with van der Waals surface area (Å²) in [6.07, 6.45) is 0. The fourth-order valence-electron chi connectivity index (χ4n) is 0.192. The summed E-state index contributed by atoms with van der Waals surface area (Å²) in [4.78, 5) is 0. The van der Waals surface area contributed by atoms with Crippen molar-refractivity contribution >= 4 is 15.4 Å². The topological polar surface area (TPSA) is 17.1 Å². The molecule has 1 atom stereocenters. The van der Waals surface area contributed by atoms with Crippen LogP contribution >= 0.6 is 0 Å². The van der Waals surface area contributed by atoms with Gasteiger partial charge in [-0.15, -0.1) is 0 Å². The molecule has 0 amide bonds. The molecular weight excluding hydrogens is 120 g/mol. The van der Waals surface area contributed by atoms with Gasteiger partial charge in [-0.2, -0.15) is 0 Å². The number of hydrogen-bond acceptors (Lipinski definition) is 1. The minimum atomic E-state index is -1.97. The first-order valence-electron chi connectivity index (χ1n) is 2.49. The van der Waals surface area contributed by atoms with E-state index in [-0.39, 0.29) is 5.25 Å². The molecule has 0 aromatic carbocycles. The molecule has 1 unspecified atom stereocenters. The van der Waals surface area contributed by atoms with E-state index in [9.17, 15) is 4.21 Å². The van der Waals surface area contributed by atoms with Gasteiger partial charge in [0.05, 0.1) is 0 Å². The monoisotopic (exact) mass is 132 g/mol. The highest BCUT2D eigenvalue weighted by molar-refractivity contribution is 8.03. The molecule has 0 spiro atoms. The molecule has 0 saturated heterocycles. The predicted octanol–water partition coefficient (Wildman–Crippen LogP) is 1.25. The summed E-state index contributed by atoms with van der Waals surface area (Å²) >= 11 is 0. The minimum absolute atomic E-state index is 0.111. The van der Waals surface area contributed by atoms with Crippen LogP contribution in [0.4, 0.5) is 0 Å². The Morgan fingerprint density at radius 2 is 2.00 bits per heavy atom. The maximum Gasteiger partial charge on any atom is 0.0252 e. The highest BCUT2D eigenvalue weighted by Gasteiger charge is 2.01. The standard InChI is InChI=1S/C6H12OS/c1-5-8(4,7)6(2)3/h5-6H,1,4H2,2-3H3. The lowest BCUT2D eigenvalue weighted by molar-refractivity contribution is 0.680. The van der Waals surface area contributed by atoms with Crippen LogP contribution in [0.15, 0.2) is 12.0 Å². The lowest BCUT2D eigenvalue weighted by atomic mass is 10.6. The van der Waals surface area contributed by atoms with Crippen LogP contribution in [0.25, 0.3) is 0 Å². The Balaban J connectivity index is 4.40. The molecule has 0 rings (SSSR count). The van der Waals surface area contributed by atoms with Crippen molar-refractivity contribution in [3.63, 3.8) is 0 Å². The van der Waals surface area contributed by atoms with Crippen LogP contribution < -0.4 is 0 Å². The van der Waals surface area contributed by atoms with Crippen molar-refractivity contribution in [2.45, 2.75) is 19.1 Å². The first-order chi connectivity index (χ1) is 3.50. The third-order valence-corrected chi connectivity index (χ3v) is 3.24. The van der Waals surface area contributed by atoms with Crippen LogP contribution in [0.5, 0.6) is 0 Å². The maximum atomic E-state index is 11.0. The Hall–Kier alpha value is -0.240. The Labute approximate surface area is 51.4 Å². The van der Waals surface area contributed by atoms with E-state index in [0.29, 0.717) is 0 Å². The van der Waals surface area contributed by atoms with Crippen molar-refractivity contribution in [3.8, 4) is 0 Å². The second-order valence-electron chi connectivity index (χ2n) is 2.00. The summed E-state index contributed by atoms with van der Waals surface area (Å²) < 4.78 is 11.0. The van der Waals surface area contributed by atoms with E-state index in [1.807, 2.05) is 13.8 Å². The molecule has 0 radical (unpaired) electrons. The van der Waals surface area contributed by atoms with Gasteiger partial charge in [-0.25, -0.2) is 0 Å². The molecule has 0 fully saturated rings. The SMILES string of the molecule is C=CS(=C)(=O)C(C)C. The van der Waals surface area contributed by atoms with Gasteiger partial charge >= 0.3 is 0 Å². The van der Waals surface area contributed by atoms with E-state index in [4.69, 9.17) is 0 Å². The molecule has 0 N–H and O–H groups in total. The zero-order valence-electron chi connectivity index (χ0n) is 5.39. The molecule has 0 aliphatic rings. The number of hydrogen-bond donors (Lipinski definition) is 0. The molecule has 0 aromatic rings. The molecule has 0 aliphatic carbocycles. The van der Waals surface area contributed by atoms with Crippen LogP contribution in [0.1, 0.15) is 13.8 Å². The smallest absolute Gasteiger partial charge is 0.0252 e. The van der Waals surface area contributed by atoms with Crippen molar-refractivity contribution in [2.75, 3.05) is 0 Å². The van der Waals surface area contributed by atoms with Crippen molar-refractivity contribution in [3.05, 3.63) is 12.0 Å². The van der Waals surface area contributed by atoms with Gasteiger partial charge in [0, 0.05) is 5.25 Å². The van der Waals surface area contributed by atoms with Gasteiger partial charge in [0.1, 0.15) is 0 Å². The first kappa shape index (κ1) is 7.76. The average molecular weight is 132 g/mol. The fraction of sp³-hybridized carbons (Fsp3) is 0.500. The second kappa shape index (κ2) is 2.35. The van der Waals surface area contributed by atoms with Gasteiger partial charge in [-0.05, 0) is 20.8 Å². The molecule has 0 aliphatic heterocycles. The van der Waals surface area contributed by atoms with Gasteiger partial charge in [-0.1, -0.05) is 20.4 Å². The van der Waals surface area contributed by atoms with Crippen molar-refractivity contribution < 1.29 is 4.21 Å².